The van der Waals surface area contributed by atoms with E-state index in [0.29, 0.717) is 6.61 Å². The van der Waals surface area contributed by atoms with Crippen LogP contribution in [0.15, 0.2) is 30.5 Å². The molecule has 0 atom stereocenters. The van der Waals surface area contributed by atoms with E-state index in [1.807, 2.05) is 18.3 Å². The van der Waals surface area contributed by atoms with Gasteiger partial charge in [0.05, 0.1) is 5.01 Å². The van der Waals surface area contributed by atoms with E-state index in [1.165, 1.54) is 15.4 Å². The summed E-state index contributed by atoms with van der Waals surface area (Å²) in [6, 6.07) is 8.13. The van der Waals surface area contributed by atoms with Crippen LogP contribution >= 0.6 is 11.3 Å². The van der Waals surface area contributed by atoms with Crippen molar-refractivity contribution in [3.05, 3.63) is 45.9 Å². The van der Waals surface area contributed by atoms with E-state index >= 15 is 0 Å². The minimum absolute atomic E-state index is 0.136. The fourth-order valence-corrected chi connectivity index (χ4v) is 2.83. The zero-order valence-corrected chi connectivity index (χ0v) is 14.1. The van der Waals surface area contributed by atoms with Crippen LogP contribution in [-0.2, 0) is 12.0 Å². The molecule has 1 aromatic heterocycles. The maximum atomic E-state index is 5.71. The lowest BCUT2D eigenvalue weighted by Crippen LogP contribution is -2.20. The Labute approximate surface area is 131 Å². The molecule has 2 aromatic rings. The number of benzene rings is 1. The highest BCUT2D eigenvalue weighted by Crippen LogP contribution is 2.26. The number of nitrogens with one attached hydrogen (secondary N) is 1. The Bertz CT molecular complexity index is 572. The number of hydrogen-bond donors (Lipinski definition) is 1. The number of nitrogens with zero attached hydrogens (tertiary/aromatic N) is 1. The molecule has 1 aromatic carbocycles. The summed E-state index contributed by atoms with van der Waals surface area (Å²) in [5.41, 5.74) is 1.36. The Morgan fingerprint density at radius 2 is 2.10 bits per heavy atom. The van der Waals surface area contributed by atoms with Crippen LogP contribution < -0.4 is 10.1 Å². The quantitative estimate of drug-likeness (QED) is 0.821. The average Bonchev–Trinajstić information content (AvgIpc) is 2.87. The molecule has 114 valence electrons. The molecule has 3 nitrogen and oxygen atoms in total. The van der Waals surface area contributed by atoms with Gasteiger partial charge in [0, 0.05) is 29.6 Å². The normalized spacial score (nSPS) is 11.6. The van der Waals surface area contributed by atoms with Crippen LogP contribution in [0.3, 0.4) is 0 Å². The van der Waals surface area contributed by atoms with Gasteiger partial charge in [-0.3, -0.25) is 0 Å². The van der Waals surface area contributed by atoms with Crippen LogP contribution in [0, 0.1) is 6.92 Å². The molecule has 21 heavy (non-hydrogen) atoms. The third-order valence-corrected chi connectivity index (χ3v) is 4.45. The minimum Gasteiger partial charge on any atom is -0.492 e. The Kier molecular flexibility index (Phi) is 5.37. The highest BCUT2D eigenvalue weighted by molar-refractivity contribution is 7.11. The first-order valence-electron chi connectivity index (χ1n) is 7.30. The molecule has 0 spiro atoms. The first-order chi connectivity index (χ1) is 9.95. The van der Waals surface area contributed by atoms with Crippen LogP contribution in [0.1, 0.15) is 36.2 Å². The van der Waals surface area contributed by atoms with Crippen LogP contribution in [0.25, 0.3) is 0 Å². The van der Waals surface area contributed by atoms with Crippen LogP contribution in [0.5, 0.6) is 5.75 Å². The van der Waals surface area contributed by atoms with Crippen molar-refractivity contribution >= 4 is 11.3 Å². The van der Waals surface area contributed by atoms with E-state index in [9.17, 15) is 0 Å². The topological polar surface area (TPSA) is 34.1 Å². The minimum atomic E-state index is 0.136. The van der Waals surface area contributed by atoms with Gasteiger partial charge < -0.3 is 10.1 Å². The van der Waals surface area contributed by atoms with Gasteiger partial charge in [-0.1, -0.05) is 32.9 Å². The summed E-state index contributed by atoms with van der Waals surface area (Å²) in [7, 11) is 0. The number of thiazole rings is 1. The zero-order chi connectivity index (χ0) is 15.3. The predicted octanol–water partition coefficient (Wildman–Crippen LogP) is 3.92. The van der Waals surface area contributed by atoms with E-state index in [4.69, 9.17) is 4.74 Å². The summed E-state index contributed by atoms with van der Waals surface area (Å²) < 4.78 is 5.71. The number of ether oxygens (including phenoxy) is 1. The van der Waals surface area contributed by atoms with Gasteiger partial charge in [0.1, 0.15) is 12.4 Å². The van der Waals surface area contributed by atoms with Crippen molar-refractivity contribution in [3.8, 4) is 5.75 Å². The SMILES string of the molecule is Cc1cccc(OCCNCc2cnc(C(C)(C)C)s2)c1. The van der Waals surface area contributed by atoms with Crippen molar-refractivity contribution in [2.45, 2.75) is 39.7 Å². The average molecular weight is 304 g/mol. The molecule has 0 aliphatic rings. The van der Waals surface area contributed by atoms with E-state index < -0.39 is 0 Å². The molecule has 0 saturated heterocycles. The second-order valence-electron chi connectivity index (χ2n) is 6.22. The van der Waals surface area contributed by atoms with Crippen LogP contribution in [0.4, 0.5) is 0 Å². The zero-order valence-electron chi connectivity index (χ0n) is 13.3. The van der Waals surface area contributed by atoms with Gasteiger partial charge in [-0.25, -0.2) is 4.98 Å². The van der Waals surface area contributed by atoms with E-state index in [1.54, 1.807) is 11.3 Å². The van der Waals surface area contributed by atoms with Gasteiger partial charge >= 0.3 is 0 Å². The standard InChI is InChI=1S/C17H24N2OS/c1-13-6-5-7-14(10-13)20-9-8-18-11-15-12-19-16(21-15)17(2,3)4/h5-7,10,12,18H,8-9,11H2,1-4H3. The van der Waals surface area contributed by atoms with Gasteiger partial charge in [-0.05, 0) is 24.6 Å². The lowest BCUT2D eigenvalue weighted by atomic mass is 9.98. The Hall–Kier alpha value is -1.39. The van der Waals surface area contributed by atoms with Crippen molar-refractivity contribution in [1.82, 2.24) is 10.3 Å². The molecule has 0 saturated carbocycles. The first kappa shape index (κ1) is 16.0. The van der Waals surface area contributed by atoms with Crippen LogP contribution in [-0.4, -0.2) is 18.1 Å². The maximum Gasteiger partial charge on any atom is 0.119 e. The van der Waals surface area contributed by atoms with Crippen molar-refractivity contribution in [3.63, 3.8) is 0 Å². The number of hydrogen-bond acceptors (Lipinski definition) is 4. The molecule has 0 aliphatic heterocycles. The summed E-state index contributed by atoms with van der Waals surface area (Å²) in [5.74, 6) is 0.935. The second-order valence-corrected chi connectivity index (χ2v) is 7.34. The highest BCUT2D eigenvalue weighted by atomic mass is 32.1. The smallest absolute Gasteiger partial charge is 0.119 e. The van der Waals surface area contributed by atoms with Crippen molar-refractivity contribution < 1.29 is 4.74 Å². The lowest BCUT2D eigenvalue weighted by Gasteiger charge is -2.13. The Balaban J connectivity index is 1.69. The van der Waals surface area contributed by atoms with Gasteiger partial charge in [0.2, 0.25) is 0 Å². The van der Waals surface area contributed by atoms with E-state index in [-0.39, 0.29) is 5.41 Å². The Morgan fingerprint density at radius 3 is 2.76 bits per heavy atom. The number of aryl methyl sites for hydroxylation is 1. The predicted molar refractivity (Wildman–Crippen MR) is 89.2 cm³/mol. The lowest BCUT2D eigenvalue weighted by molar-refractivity contribution is 0.313. The summed E-state index contributed by atoms with van der Waals surface area (Å²) in [6.07, 6.45) is 1.97. The summed E-state index contributed by atoms with van der Waals surface area (Å²) in [5, 5.41) is 4.59. The first-order valence-corrected chi connectivity index (χ1v) is 8.12. The number of rotatable bonds is 6. The molecule has 0 amide bonds. The largest absolute Gasteiger partial charge is 0.492 e. The molecule has 0 aliphatic carbocycles. The summed E-state index contributed by atoms with van der Waals surface area (Å²) >= 11 is 1.78. The second kappa shape index (κ2) is 7.05. The number of aromatic nitrogens is 1. The fourth-order valence-electron chi connectivity index (χ4n) is 1.89. The molecular weight excluding hydrogens is 280 g/mol. The van der Waals surface area contributed by atoms with Gasteiger partial charge in [0.15, 0.2) is 0 Å². The van der Waals surface area contributed by atoms with Gasteiger partial charge in [0.25, 0.3) is 0 Å². The van der Waals surface area contributed by atoms with Crippen molar-refractivity contribution in [2.75, 3.05) is 13.2 Å². The molecule has 0 radical (unpaired) electrons. The van der Waals surface area contributed by atoms with Gasteiger partial charge in [-0.2, -0.15) is 0 Å². The molecule has 4 heteroatoms. The molecule has 1 heterocycles. The van der Waals surface area contributed by atoms with E-state index in [0.717, 1.165) is 18.8 Å². The maximum absolute atomic E-state index is 5.71. The van der Waals surface area contributed by atoms with Crippen LogP contribution in [0.2, 0.25) is 0 Å². The summed E-state index contributed by atoms with van der Waals surface area (Å²) in [4.78, 5) is 5.76. The van der Waals surface area contributed by atoms with Crippen molar-refractivity contribution in [1.29, 1.82) is 0 Å². The summed E-state index contributed by atoms with van der Waals surface area (Å²) in [6.45, 7) is 11.0. The Morgan fingerprint density at radius 1 is 1.29 bits per heavy atom. The molecular formula is C17H24N2OS. The molecule has 0 fully saturated rings. The molecule has 0 unspecified atom stereocenters. The van der Waals surface area contributed by atoms with E-state index in [2.05, 4.69) is 50.1 Å². The highest BCUT2D eigenvalue weighted by Gasteiger charge is 2.17. The third-order valence-electron chi connectivity index (χ3n) is 3.03. The molecule has 0 bridgehead atoms. The molecule has 2 rings (SSSR count). The third kappa shape index (κ3) is 5.14. The molecule has 1 N–H and O–H groups in total. The van der Waals surface area contributed by atoms with Crippen molar-refractivity contribution in [2.24, 2.45) is 0 Å². The fraction of sp³-hybridized carbons (Fsp3) is 0.471. The van der Waals surface area contributed by atoms with Gasteiger partial charge in [-0.15, -0.1) is 11.3 Å². The monoisotopic (exact) mass is 304 g/mol.